The largest absolute Gasteiger partial charge is 0.350 e. The van der Waals surface area contributed by atoms with E-state index < -0.39 is 0 Å². The van der Waals surface area contributed by atoms with Crippen molar-refractivity contribution in [3.63, 3.8) is 0 Å². The van der Waals surface area contributed by atoms with Crippen LogP contribution in [0, 0.1) is 5.92 Å². The molecule has 0 radical (unpaired) electrons. The number of carbonyl (C=O) groups excluding carboxylic acids is 1. The van der Waals surface area contributed by atoms with Gasteiger partial charge >= 0.3 is 0 Å². The first-order chi connectivity index (χ1) is 11.2. The number of benzene rings is 1. The van der Waals surface area contributed by atoms with Crippen LogP contribution in [-0.2, 0) is 4.79 Å². The number of para-hydroxylation sites is 1. The summed E-state index contributed by atoms with van der Waals surface area (Å²) in [5.41, 5.74) is 1.92. The molecule has 0 spiro atoms. The van der Waals surface area contributed by atoms with Gasteiger partial charge in [0.25, 0.3) is 0 Å². The second kappa shape index (κ2) is 7.27. The van der Waals surface area contributed by atoms with Crippen molar-refractivity contribution in [2.24, 2.45) is 5.92 Å². The fourth-order valence-electron chi connectivity index (χ4n) is 3.08. The number of rotatable bonds is 4. The van der Waals surface area contributed by atoms with E-state index in [-0.39, 0.29) is 5.91 Å². The van der Waals surface area contributed by atoms with E-state index in [1.54, 1.807) is 17.0 Å². The van der Waals surface area contributed by atoms with Crippen LogP contribution in [0.15, 0.2) is 48.8 Å². The molecule has 1 saturated carbocycles. The molecule has 1 amide bonds. The molecule has 2 atom stereocenters. The van der Waals surface area contributed by atoms with Gasteiger partial charge in [0.2, 0.25) is 5.91 Å². The fraction of sp³-hybridized carbons (Fsp3) is 0.368. The van der Waals surface area contributed by atoms with Gasteiger partial charge in [0.15, 0.2) is 0 Å². The molecule has 0 unspecified atom stereocenters. The Bertz CT molecular complexity index is 675. The Morgan fingerprint density at radius 1 is 1.26 bits per heavy atom. The van der Waals surface area contributed by atoms with E-state index in [4.69, 9.17) is 0 Å². The zero-order chi connectivity index (χ0) is 16.1. The van der Waals surface area contributed by atoms with Gasteiger partial charge < -0.3 is 5.32 Å². The molecule has 1 aromatic heterocycles. The molecular weight excluding hydrogens is 286 g/mol. The third-order valence-corrected chi connectivity index (χ3v) is 4.49. The molecule has 1 N–H and O–H groups in total. The maximum absolute atomic E-state index is 12.1. The Kier molecular flexibility index (Phi) is 4.91. The predicted molar refractivity (Wildman–Crippen MR) is 92.2 cm³/mol. The van der Waals surface area contributed by atoms with Gasteiger partial charge in [-0.05, 0) is 37.0 Å². The number of hydrogen-bond acceptors (Lipinski definition) is 2. The zero-order valence-corrected chi connectivity index (χ0v) is 13.5. The van der Waals surface area contributed by atoms with E-state index in [2.05, 4.69) is 17.3 Å². The average molecular weight is 309 g/mol. The van der Waals surface area contributed by atoms with E-state index in [0.717, 1.165) is 17.7 Å². The smallest absolute Gasteiger partial charge is 0.244 e. The van der Waals surface area contributed by atoms with Gasteiger partial charge in [-0.1, -0.05) is 38.0 Å². The molecule has 0 saturated heterocycles. The second-order valence-corrected chi connectivity index (χ2v) is 6.26. The summed E-state index contributed by atoms with van der Waals surface area (Å²) in [6.07, 6.45) is 11.9. The third-order valence-electron chi connectivity index (χ3n) is 4.49. The Morgan fingerprint density at radius 2 is 2.04 bits per heavy atom. The first-order valence-corrected chi connectivity index (χ1v) is 8.31. The highest BCUT2D eigenvalue weighted by atomic mass is 16.1. The van der Waals surface area contributed by atoms with Crippen LogP contribution in [0.5, 0.6) is 0 Å². The molecule has 4 heteroatoms. The molecule has 1 aliphatic rings. The summed E-state index contributed by atoms with van der Waals surface area (Å²) in [5, 5.41) is 7.45. The van der Waals surface area contributed by atoms with Crippen LogP contribution in [0.3, 0.4) is 0 Å². The molecule has 3 rings (SSSR count). The number of nitrogens with one attached hydrogen (secondary N) is 1. The number of hydrogen-bond donors (Lipinski definition) is 1. The highest BCUT2D eigenvalue weighted by Crippen LogP contribution is 2.23. The lowest BCUT2D eigenvalue weighted by molar-refractivity contribution is -0.117. The molecule has 0 aliphatic heterocycles. The van der Waals surface area contributed by atoms with Crippen molar-refractivity contribution in [3.05, 3.63) is 54.4 Å². The molecule has 2 aromatic rings. The van der Waals surface area contributed by atoms with Crippen molar-refractivity contribution in [3.8, 4) is 5.69 Å². The normalized spacial score (nSPS) is 21.4. The van der Waals surface area contributed by atoms with E-state index >= 15 is 0 Å². The van der Waals surface area contributed by atoms with Gasteiger partial charge in [0.05, 0.1) is 11.9 Å². The minimum atomic E-state index is -0.0174. The summed E-state index contributed by atoms with van der Waals surface area (Å²) in [7, 11) is 0. The highest BCUT2D eigenvalue weighted by Gasteiger charge is 2.21. The molecule has 4 nitrogen and oxygen atoms in total. The van der Waals surface area contributed by atoms with E-state index in [9.17, 15) is 4.79 Å². The predicted octanol–water partition coefficient (Wildman–Crippen LogP) is 3.58. The van der Waals surface area contributed by atoms with E-state index in [1.165, 1.54) is 19.3 Å². The zero-order valence-electron chi connectivity index (χ0n) is 13.5. The molecule has 120 valence electrons. The molecule has 1 aromatic carbocycles. The average Bonchev–Trinajstić information content (AvgIpc) is 3.05. The Labute approximate surface area is 137 Å². The summed E-state index contributed by atoms with van der Waals surface area (Å²) in [6.45, 7) is 2.22. The van der Waals surface area contributed by atoms with Crippen LogP contribution in [0.1, 0.15) is 38.2 Å². The van der Waals surface area contributed by atoms with Crippen LogP contribution in [0.25, 0.3) is 11.8 Å². The second-order valence-electron chi connectivity index (χ2n) is 6.26. The summed E-state index contributed by atoms with van der Waals surface area (Å²) >= 11 is 0. The first-order valence-electron chi connectivity index (χ1n) is 8.31. The summed E-state index contributed by atoms with van der Waals surface area (Å²) in [4.78, 5) is 12.1. The molecule has 1 fully saturated rings. The van der Waals surface area contributed by atoms with E-state index in [0.29, 0.717) is 12.0 Å². The standard InChI is InChI=1S/C19H23N3O/c1-15-7-5-6-10-18(15)21-19(23)12-11-16-13-20-22(14-16)17-8-3-2-4-9-17/h2-4,8-9,11-15,18H,5-7,10H2,1H3,(H,21,23)/b12-11+/t15-,18+/m0/s1. The van der Waals surface area contributed by atoms with Gasteiger partial charge in [-0.15, -0.1) is 0 Å². The SMILES string of the molecule is C[C@H]1CCCC[C@H]1NC(=O)/C=C/c1cnn(-c2ccccc2)c1. The quantitative estimate of drug-likeness (QED) is 0.878. The minimum Gasteiger partial charge on any atom is -0.350 e. The van der Waals surface area contributed by atoms with Gasteiger partial charge in [0, 0.05) is 23.9 Å². The summed E-state index contributed by atoms with van der Waals surface area (Å²) in [5.74, 6) is 0.554. The summed E-state index contributed by atoms with van der Waals surface area (Å²) in [6, 6.07) is 10.2. The monoisotopic (exact) mass is 309 g/mol. The van der Waals surface area contributed by atoms with Crippen LogP contribution in [-0.4, -0.2) is 21.7 Å². The van der Waals surface area contributed by atoms with Crippen molar-refractivity contribution < 1.29 is 4.79 Å². The van der Waals surface area contributed by atoms with Crippen molar-refractivity contribution in [2.75, 3.05) is 0 Å². The van der Waals surface area contributed by atoms with Crippen molar-refractivity contribution in [1.29, 1.82) is 0 Å². The van der Waals surface area contributed by atoms with Crippen molar-refractivity contribution in [1.82, 2.24) is 15.1 Å². The van der Waals surface area contributed by atoms with Crippen LogP contribution in [0.2, 0.25) is 0 Å². The fourth-order valence-corrected chi connectivity index (χ4v) is 3.08. The summed E-state index contributed by atoms with van der Waals surface area (Å²) < 4.78 is 1.81. The lowest BCUT2D eigenvalue weighted by atomic mass is 9.86. The van der Waals surface area contributed by atoms with Crippen LogP contribution < -0.4 is 5.32 Å². The Balaban J connectivity index is 1.59. The topological polar surface area (TPSA) is 46.9 Å². The van der Waals surface area contributed by atoms with Gasteiger partial charge in [-0.25, -0.2) is 4.68 Å². The van der Waals surface area contributed by atoms with Gasteiger partial charge in [0.1, 0.15) is 0 Å². The van der Waals surface area contributed by atoms with Crippen LogP contribution in [0.4, 0.5) is 0 Å². The van der Waals surface area contributed by atoms with Gasteiger partial charge in [-0.2, -0.15) is 5.10 Å². The molecule has 1 aliphatic carbocycles. The lowest BCUT2D eigenvalue weighted by Gasteiger charge is -2.29. The highest BCUT2D eigenvalue weighted by molar-refractivity contribution is 5.91. The Hall–Kier alpha value is -2.36. The maximum atomic E-state index is 12.1. The number of amides is 1. The molecule has 1 heterocycles. The number of nitrogens with zero attached hydrogens (tertiary/aromatic N) is 2. The maximum Gasteiger partial charge on any atom is 0.244 e. The minimum absolute atomic E-state index is 0.0174. The molecular formula is C19H23N3O. The van der Waals surface area contributed by atoms with Crippen LogP contribution >= 0.6 is 0 Å². The molecule has 23 heavy (non-hydrogen) atoms. The number of carbonyl (C=O) groups is 1. The Morgan fingerprint density at radius 3 is 2.83 bits per heavy atom. The first kappa shape index (κ1) is 15.5. The van der Waals surface area contributed by atoms with Crippen molar-refractivity contribution >= 4 is 12.0 Å². The van der Waals surface area contributed by atoms with Gasteiger partial charge in [-0.3, -0.25) is 4.79 Å². The molecule has 0 bridgehead atoms. The van der Waals surface area contributed by atoms with Crippen molar-refractivity contribution in [2.45, 2.75) is 38.6 Å². The lowest BCUT2D eigenvalue weighted by Crippen LogP contribution is -2.40. The van der Waals surface area contributed by atoms with E-state index in [1.807, 2.05) is 42.6 Å². The third kappa shape index (κ3) is 4.09. The number of aromatic nitrogens is 2.